The molecule has 0 unspecified atom stereocenters. The predicted molar refractivity (Wildman–Crippen MR) is 86.1 cm³/mol. The third-order valence-electron chi connectivity index (χ3n) is 3.28. The van der Waals surface area contributed by atoms with Gasteiger partial charge < -0.3 is 5.32 Å². The highest BCUT2D eigenvalue weighted by Gasteiger charge is 2.30. The topological polar surface area (TPSA) is 29.1 Å². The zero-order valence-electron chi connectivity index (χ0n) is 12.9. The van der Waals surface area contributed by atoms with Gasteiger partial charge in [-0.3, -0.25) is 4.79 Å². The summed E-state index contributed by atoms with van der Waals surface area (Å²) in [6, 6.07) is 14.4. The van der Waals surface area contributed by atoms with E-state index < -0.39 is 11.7 Å². The molecule has 2 nitrogen and oxygen atoms in total. The van der Waals surface area contributed by atoms with Gasteiger partial charge in [0.2, 0.25) is 5.91 Å². The molecule has 0 fully saturated rings. The van der Waals surface area contributed by atoms with E-state index in [1.165, 1.54) is 12.1 Å². The summed E-state index contributed by atoms with van der Waals surface area (Å²) >= 11 is 0. The number of hydrogen-bond acceptors (Lipinski definition) is 1. The van der Waals surface area contributed by atoms with E-state index in [-0.39, 0.29) is 18.0 Å². The molecule has 0 saturated heterocycles. The van der Waals surface area contributed by atoms with Crippen LogP contribution >= 0.6 is 0 Å². The van der Waals surface area contributed by atoms with E-state index in [1.807, 2.05) is 30.3 Å². The lowest BCUT2D eigenvalue weighted by Crippen LogP contribution is -2.23. The molecule has 0 aliphatic rings. The van der Waals surface area contributed by atoms with Gasteiger partial charge in [-0.05, 0) is 30.2 Å². The highest BCUT2D eigenvalue weighted by molar-refractivity contribution is 5.76. The van der Waals surface area contributed by atoms with Gasteiger partial charge in [0.05, 0.1) is 12.1 Å². The van der Waals surface area contributed by atoms with Crippen LogP contribution in [0.4, 0.5) is 13.2 Å². The van der Waals surface area contributed by atoms with Crippen molar-refractivity contribution in [3.8, 4) is 11.8 Å². The molecule has 0 saturated carbocycles. The molecule has 0 aromatic heterocycles. The number of carbonyl (C=O) groups is 1. The maximum Gasteiger partial charge on any atom is 0.416 e. The monoisotopic (exact) mass is 331 g/mol. The third kappa shape index (κ3) is 5.81. The fourth-order valence-electron chi connectivity index (χ4n) is 2.05. The molecule has 2 aromatic carbocycles. The molecule has 0 aliphatic carbocycles. The van der Waals surface area contributed by atoms with Crippen molar-refractivity contribution in [2.75, 3.05) is 6.54 Å². The van der Waals surface area contributed by atoms with Crippen LogP contribution in [0.1, 0.15) is 23.1 Å². The highest BCUT2D eigenvalue weighted by atomic mass is 19.4. The van der Waals surface area contributed by atoms with Crippen LogP contribution in [0.25, 0.3) is 0 Å². The first-order chi connectivity index (χ1) is 11.4. The number of carbonyl (C=O) groups excluding carboxylic acids is 1. The van der Waals surface area contributed by atoms with E-state index in [0.29, 0.717) is 12.8 Å². The molecule has 1 amide bonds. The van der Waals surface area contributed by atoms with Crippen molar-refractivity contribution in [2.24, 2.45) is 0 Å². The number of hydrogen-bond donors (Lipinski definition) is 1. The lowest BCUT2D eigenvalue weighted by Gasteiger charge is -2.05. The van der Waals surface area contributed by atoms with E-state index in [0.717, 1.165) is 17.7 Å². The van der Waals surface area contributed by atoms with Crippen LogP contribution < -0.4 is 5.32 Å². The van der Waals surface area contributed by atoms with Crippen molar-refractivity contribution in [2.45, 2.75) is 19.0 Å². The number of alkyl halides is 3. The van der Waals surface area contributed by atoms with Gasteiger partial charge in [0.25, 0.3) is 0 Å². The normalized spacial score (nSPS) is 10.6. The van der Waals surface area contributed by atoms with Crippen molar-refractivity contribution in [1.82, 2.24) is 5.32 Å². The quantitative estimate of drug-likeness (QED) is 0.848. The summed E-state index contributed by atoms with van der Waals surface area (Å²) in [4.78, 5) is 11.7. The van der Waals surface area contributed by atoms with Crippen molar-refractivity contribution >= 4 is 5.91 Å². The average Bonchev–Trinajstić information content (AvgIpc) is 2.57. The van der Waals surface area contributed by atoms with Crippen LogP contribution in [-0.4, -0.2) is 12.5 Å². The van der Waals surface area contributed by atoms with Crippen LogP contribution in [-0.2, 0) is 17.4 Å². The Hall–Kier alpha value is -2.74. The second kappa shape index (κ2) is 8.21. The molecule has 2 aromatic rings. The standard InChI is InChI=1S/C19H16F3NO/c20-19(21,22)17-10-4-8-16(14-17)9-5-13-23-18(24)12-11-15-6-2-1-3-7-15/h1-4,6-8,10,14H,11-13H2,(H,23,24). The average molecular weight is 331 g/mol. The van der Waals surface area contributed by atoms with Gasteiger partial charge in [-0.15, -0.1) is 0 Å². The van der Waals surface area contributed by atoms with Crippen molar-refractivity contribution in [3.63, 3.8) is 0 Å². The summed E-state index contributed by atoms with van der Waals surface area (Å²) < 4.78 is 37.7. The van der Waals surface area contributed by atoms with Gasteiger partial charge in [-0.25, -0.2) is 0 Å². The van der Waals surface area contributed by atoms with Crippen LogP contribution in [0.5, 0.6) is 0 Å². The molecule has 5 heteroatoms. The molecular weight excluding hydrogens is 315 g/mol. The smallest absolute Gasteiger partial charge is 0.345 e. The Bertz CT molecular complexity index is 742. The molecule has 2 rings (SSSR count). The molecule has 1 N–H and O–H groups in total. The zero-order valence-corrected chi connectivity index (χ0v) is 12.9. The van der Waals surface area contributed by atoms with Gasteiger partial charge in [0, 0.05) is 12.0 Å². The van der Waals surface area contributed by atoms with Gasteiger partial charge in [-0.1, -0.05) is 48.2 Å². The molecule has 0 heterocycles. The van der Waals surface area contributed by atoms with Crippen molar-refractivity contribution in [1.29, 1.82) is 0 Å². The second-order valence-corrected chi connectivity index (χ2v) is 5.14. The van der Waals surface area contributed by atoms with Crippen LogP contribution in [0, 0.1) is 11.8 Å². The van der Waals surface area contributed by atoms with Crippen LogP contribution in [0.2, 0.25) is 0 Å². The van der Waals surface area contributed by atoms with Gasteiger partial charge in [0.1, 0.15) is 0 Å². The minimum absolute atomic E-state index is 0.101. The van der Waals surface area contributed by atoms with E-state index >= 15 is 0 Å². The molecular formula is C19H16F3NO. The first kappa shape index (κ1) is 17.6. The molecule has 0 bridgehead atoms. The molecule has 0 radical (unpaired) electrons. The molecule has 0 spiro atoms. The number of halogens is 3. The molecule has 0 aliphatic heterocycles. The molecule has 24 heavy (non-hydrogen) atoms. The minimum atomic E-state index is -4.39. The minimum Gasteiger partial charge on any atom is -0.345 e. The van der Waals surface area contributed by atoms with E-state index in [9.17, 15) is 18.0 Å². The number of benzene rings is 2. The van der Waals surface area contributed by atoms with Crippen LogP contribution in [0.3, 0.4) is 0 Å². The Labute approximate surface area is 138 Å². The van der Waals surface area contributed by atoms with E-state index in [1.54, 1.807) is 0 Å². The van der Waals surface area contributed by atoms with E-state index in [4.69, 9.17) is 0 Å². The summed E-state index contributed by atoms with van der Waals surface area (Å²) in [5.41, 5.74) is 0.604. The fourth-order valence-corrected chi connectivity index (χ4v) is 2.05. The van der Waals surface area contributed by atoms with Crippen LogP contribution in [0.15, 0.2) is 54.6 Å². The number of amides is 1. The summed E-state index contributed by atoms with van der Waals surface area (Å²) in [6.07, 6.45) is -3.41. The summed E-state index contributed by atoms with van der Waals surface area (Å²) in [7, 11) is 0. The maximum atomic E-state index is 12.6. The van der Waals surface area contributed by atoms with Crippen molar-refractivity contribution in [3.05, 3.63) is 71.3 Å². The largest absolute Gasteiger partial charge is 0.416 e. The Kier molecular flexibility index (Phi) is 6.02. The lowest BCUT2D eigenvalue weighted by atomic mass is 10.1. The molecule has 0 atom stereocenters. The Morgan fingerprint density at radius 2 is 1.79 bits per heavy atom. The Balaban J connectivity index is 1.80. The van der Waals surface area contributed by atoms with Gasteiger partial charge >= 0.3 is 6.18 Å². The fraction of sp³-hybridized carbons (Fsp3) is 0.211. The second-order valence-electron chi connectivity index (χ2n) is 5.14. The van der Waals surface area contributed by atoms with Crippen molar-refractivity contribution < 1.29 is 18.0 Å². The Morgan fingerprint density at radius 1 is 1.04 bits per heavy atom. The Morgan fingerprint density at radius 3 is 2.50 bits per heavy atom. The zero-order chi connectivity index (χ0) is 17.4. The SMILES string of the molecule is O=C(CCc1ccccc1)NCC#Cc1cccc(C(F)(F)F)c1. The van der Waals surface area contributed by atoms with E-state index in [2.05, 4.69) is 17.2 Å². The number of aryl methyl sites for hydroxylation is 1. The first-order valence-electron chi connectivity index (χ1n) is 7.42. The highest BCUT2D eigenvalue weighted by Crippen LogP contribution is 2.29. The van der Waals surface area contributed by atoms with Gasteiger partial charge in [-0.2, -0.15) is 13.2 Å². The number of rotatable bonds is 4. The summed E-state index contributed by atoms with van der Waals surface area (Å²) in [6.45, 7) is 0.101. The summed E-state index contributed by atoms with van der Waals surface area (Å²) in [5, 5.41) is 2.63. The summed E-state index contributed by atoms with van der Waals surface area (Å²) in [5.74, 6) is 5.14. The van der Waals surface area contributed by atoms with Gasteiger partial charge in [0.15, 0.2) is 0 Å². The maximum absolute atomic E-state index is 12.6. The lowest BCUT2D eigenvalue weighted by molar-refractivity contribution is -0.137. The third-order valence-corrected chi connectivity index (χ3v) is 3.28. The first-order valence-corrected chi connectivity index (χ1v) is 7.42. The number of nitrogens with one attached hydrogen (secondary N) is 1. The predicted octanol–water partition coefficient (Wildman–Crippen LogP) is 3.81. The molecule has 124 valence electrons.